The Balaban J connectivity index is 2.14. The molecule has 1 fully saturated rings. The predicted molar refractivity (Wildman–Crippen MR) is 66.3 cm³/mol. The van der Waals surface area contributed by atoms with Gasteiger partial charge in [-0.3, -0.25) is 9.59 Å². The maximum atomic E-state index is 11.5. The quantitative estimate of drug-likeness (QED) is 0.647. The van der Waals surface area contributed by atoms with E-state index in [0.717, 1.165) is 12.8 Å². The van der Waals surface area contributed by atoms with Crippen molar-refractivity contribution in [3.8, 4) is 0 Å². The summed E-state index contributed by atoms with van der Waals surface area (Å²) in [7, 11) is 0. The second-order valence-corrected chi connectivity index (χ2v) is 4.86. The molecule has 1 aliphatic rings. The fraction of sp³-hybridized carbons (Fsp3) is 0.833. The molecular formula is C12H23N3O2. The Labute approximate surface area is 103 Å². The molecule has 5 heteroatoms. The molecule has 1 atom stereocenters. The molecule has 0 spiro atoms. The molecular weight excluding hydrogens is 218 g/mol. The molecule has 0 aromatic heterocycles. The van der Waals surface area contributed by atoms with E-state index in [1.807, 2.05) is 0 Å². The number of nitrogens with one attached hydrogen (secondary N) is 2. The van der Waals surface area contributed by atoms with Gasteiger partial charge in [-0.25, -0.2) is 0 Å². The zero-order chi connectivity index (χ0) is 12.7. The molecule has 0 heterocycles. The minimum atomic E-state index is -0.170. The standard InChI is InChI=1S/C12H23N3O2/c1-9(13)7-11(16)14-8-12(17)15-10-5-3-2-4-6-10/h9-10H,2-8,13H2,1H3,(H,14,16)(H,15,17). The first kappa shape index (κ1) is 14.0. The van der Waals surface area contributed by atoms with Crippen LogP contribution in [0.15, 0.2) is 0 Å². The molecule has 1 rings (SSSR count). The van der Waals surface area contributed by atoms with Gasteiger partial charge in [0.1, 0.15) is 0 Å². The monoisotopic (exact) mass is 241 g/mol. The van der Waals surface area contributed by atoms with Gasteiger partial charge in [0.25, 0.3) is 0 Å². The molecule has 98 valence electrons. The number of nitrogens with two attached hydrogens (primary N) is 1. The minimum absolute atomic E-state index is 0.0576. The Morgan fingerprint density at radius 3 is 2.47 bits per heavy atom. The maximum Gasteiger partial charge on any atom is 0.239 e. The van der Waals surface area contributed by atoms with Gasteiger partial charge in [-0.2, -0.15) is 0 Å². The topological polar surface area (TPSA) is 84.2 Å². The van der Waals surface area contributed by atoms with Crippen molar-refractivity contribution >= 4 is 11.8 Å². The van der Waals surface area contributed by atoms with Crippen molar-refractivity contribution < 1.29 is 9.59 Å². The molecule has 1 saturated carbocycles. The molecule has 5 nitrogen and oxygen atoms in total. The van der Waals surface area contributed by atoms with Gasteiger partial charge in [0.2, 0.25) is 11.8 Å². The van der Waals surface area contributed by atoms with Crippen LogP contribution in [0.2, 0.25) is 0 Å². The van der Waals surface area contributed by atoms with E-state index in [4.69, 9.17) is 5.73 Å². The molecule has 1 unspecified atom stereocenters. The summed E-state index contributed by atoms with van der Waals surface area (Å²) in [6, 6.07) is 0.123. The SMILES string of the molecule is CC(N)CC(=O)NCC(=O)NC1CCCCC1. The van der Waals surface area contributed by atoms with Crippen LogP contribution in [-0.2, 0) is 9.59 Å². The number of amides is 2. The van der Waals surface area contributed by atoms with E-state index >= 15 is 0 Å². The van der Waals surface area contributed by atoms with Crippen molar-refractivity contribution in [3.63, 3.8) is 0 Å². The summed E-state index contributed by atoms with van der Waals surface area (Å²) < 4.78 is 0. The second-order valence-electron chi connectivity index (χ2n) is 4.86. The fourth-order valence-corrected chi connectivity index (χ4v) is 2.07. The lowest BCUT2D eigenvalue weighted by Crippen LogP contribution is -2.43. The van der Waals surface area contributed by atoms with Gasteiger partial charge >= 0.3 is 0 Å². The molecule has 17 heavy (non-hydrogen) atoms. The van der Waals surface area contributed by atoms with Crippen molar-refractivity contribution in [2.45, 2.75) is 57.5 Å². The van der Waals surface area contributed by atoms with Gasteiger partial charge < -0.3 is 16.4 Å². The van der Waals surface area contributed by atoms with Crippen molar-refractivity contribution in [1.29, 1.82) is 0 Å². The average molecular weight is 241 g/mol. The van der Waals surface area contributed by atoms with Crippen molar-refractivity contribution in [2.75, 3.05) is 6.54 Å². The smallest absolute Gasteiger partial charge is 0.239 e. The fourth-order valence-electron chi connectivity index (χ4n) is 2.07. The number of carbonyl (C=O) groups is 2. The highest BCUT2D eigenvalue weighted by molar-refractivity contribution is 5.84. The number of rotatable bonds is 5. The summed E-state index contributed by atoms with van der Waals surface area (Å²) in [4.78, 5) is 22.8. The van der Waals surface area contributed by atoms with E-state index in [9.17, 15) is 9.59 Å². The van der Waals surface area contributed by atoms with Crippen LogP contribution in [0.3, 0.4) is 0 Å². The predicted octanol–water partition coefficient (Wildman–Crippen LogP) is 0.289. The van der Waals surface area contributed by atoms with E-state index in [2.05, 4.69) is 10.6 Å². The Morgan fingerprint density at radius 1 is 1.24 bits per heavy atom. The Hall–Kier alpha value is -1.10. The molecule has 0 aromatic carbocycles. The number of hydrogen-bond donors (Lipinski definition) is 3. The first-order valence-electron chi connectivity index (χ1n) is 6.39. The van der Waals surface area contributed by atoms with E-state index in [1.165, 1.54) is 19.3 Å². The molecule has 0 aliphatic heterocycles. The highest BCUT2D eigenvalue weighted by Gasteiger charge is 2.15. The first-order chi connectivity index (χ1) is 8.08. The lowest BCUT2D eigenvalue weighted by molar-refractivity contribution is -0.126. The normalized spacial score (nSPS) is 18.5. The van der Waals surface area contributed by atoms with E-state index in [0.29, 0.717) is 6.04 Å². The van der Waals surface area contributed by atoms with Gasteiger partial charge in [-0.05, 0) is 19.8 Å². The Bertz CT molecular complexity index is 260. The highest BCUT2D eigenvalue weighted by atomic mass is 16.2. The number of hydrogen-bond acceptors (Lipinski definition) is 3. The van der Waals surface area contributed by atoms with E-state index in [-0.39, 0.29) is 30.8 Å². The second kappa shape index (κ2) is 7.27. The molecule has 0 radical (unpaired) electrons. The van der Waals surface area contributed by atoms with Crippen LogP contribution in [0, 0.1) is 0 Å². The largest absolute Gasteiger partial charge is 0.352 e. The van der Waals surface area contributed by atoms with Crippen molar-refractivity contribution in [3.05, 3.63) is 0 Å². The summed E-state index contributed by atoms with van der Waals surface area (Å²) in [5, 5.41) is 5.51. The minimum Gasteiger partial charge on any atom is -0.352 e. The van der Waals surface area contributed by atoms with Crippen LogP contribution < -0.4 is 16.4 Å². The Morgan fingerprint density at radius 2 is 1.88 bits per heavy atom. The lowest BCUT2D eigenvalue weighted by Gasteiger charge is -2.22. The third kappa shape index (κ3) is 6.26. The first-order valence-corrected chi connectivity index (χ1v) is 6.39. The molecule has 2 amide bonds. The molecule has 4 N–H and O–H groups in total. The summed E-state index contributed by atoms with van der Waals surface area (Å²) in [6.07, 6.45) is 6.00. The van der Waals surface area contributed by atoms with Crippen LogP contribution >= 0.6 is 0 Å². The third-order valence-electron chi connectivity index (χ3n) is 2.92. The van der Waals surface area contributed by atoms with Crippen LogP contribution in [0.4, 0.5) is 0 Å². The average Bonchev–Trinajstić information content (AvgIpc) is 2.27. The van der Waals surface area contributed by atoms with Crippen LogP contribution in [0.5, 0.6) is 0 Å². The summed E-state index contributed by atoms with van der Waals surface area (Å²) >= 11 is 0. The van der Waals surface area contributed by atoms with Crippen molar-refractivity contribution in [2.24, 2.45) is 5.73 Å². The van der Waals surface area contributed by atoms with E-state index in [1.54, 1.807) is 6.92 Å². The maximum absolute atomic E-state index is 11.5. The lowest BCUT2D eigenvalue weighted by atomic mass is 9.95. The Kier molecular flexibility index (Phi) is 5.97. The van der Waals surface area contributed by atoms with Gasteiger partial charge in [-0.15, -0.1) is 0 Å². The molecule has 0 saturated heterocycles. The molecule has 0 bridgehead atoms. The van der Waals surface area contributed by atoms with Crippen LogP contribution in [-0.4, -0.2) is 30.4 Å². The number of carbonyl (C=O) groups excluding carboxylic acids is 2. The van der Waals surface area contributed by atoms with Crippen molar-refractivity contribution in [1.82, 2.24) is 10.6 Å². The van der Waals surface area contributed by atoms with Crippen LogP contribution in [0.25, 0.3) is 0 Å². The van der Waals surface area contributed by atoms with E-state index < -0.39 is 0 Å². The zero-order valence-corrected chi connectivity index (χ0v) is 10.5. The van der Waals surface area contributed by atoms with Gasteiger partial charge in [-0.1, -0.05) is 19.3 Å². The zero-order valence-electron chi connectivity index (χ0n) is 10.5. The van der Waals surface area contributed by atoms with Crippen LogP contribution in [0.1, 0.15) is 45.4 Å². The van der Waals surface area contributed by atoms with Gasteiger partial charge in [0.05, 0.1) is 6.54 Å². The third-order valence-corrected chi connectivity index (χ3v) is 2.92. The highest BCUT2D eigenvalue weighted by Crippen LogP contribution is 2.16. The summed E-state index contributed by atoms with van der Waals surface area (Å²) in [6.45, 7) is 1.82. The summed E-state index contributed by atoms with van der Waals surface area (Å²) in [5.41, 5.74) is 5.49. The van der Waals surface area contributed by atoms with Gasteiger partial charge in [0, 0.05) is 18.5 Å². The summed E-state index contributed by atoms with van der Waals surface area (Å²) in [5.74, 6) is -0.270. The molecule has 1 aliphatic carbocycles. The molecule has 0 aromatic rings. The van der Waals surface area contributed by atoms with Gasteiger partial charge in [0.15, 0.2) is 0 Å².